The first-order valence-corrected chi connectivity index (χ1v) is 5.41. The first kappa shape index (κ1) is 11.5. The highest BCUT2D eigenvalue weighted by Crippen LogP contribution is 2.31. The topological polar surface area (TPSA) is 40.5 Å². The van der Waals surface area contributed by atoms with Crippen molar-refractivity contribution in [1.29, 1.82) is 0 Å². The van der Waals surface area contributed by atoms with Gasteiger partial charge in [0, 0.05) is 19.5 Å². The minimum Gasteiger partial charge on any atom is -0.481 e. The van der Waals surface area contributed by atoms with Gasteiger partial charge in [-0.3, -0.25) is 4.79 Å². The molecule has 0 amide bonds. The number of carboxylic acids is 1. The summed E-state index contributed by atoms with van der Waals surface area (Å²) in [6.45, 7) is 6.68. The molecule has 1 unspecified atom stereocenters. The molecule has 0 bridgehead atoms. The first-order valence-electron chi connectivity index (χ1n) is 5.41. The molecule has 0 spiro atoms. The maximum atomic E-state index is 10.5. The second-order valence-corrected chi connectivity index (χ2v) is 4.82. The Morgan fingerprint density at radius 3 is 2.43 bits per heavy atom. The maximum Gasteiger partial charge on any atom is 0.303 e. The van der Waals surface area contributed by atoms with Crippen LogP contribution in [-0.2, 0) is 4.79 Å². The minimum absolute atomic E-state index is 0.322. The molecule has 0 radical (unpaired) electrons. The summed E-state index contributed by atoms with van der Waals surface area (Å²) in [6, 6.07) is 0. The number of likely N-dealkylation sites (tertiary alicyclic amines) is 1. The Balaban J connectivity index is 2.36. The van der Waals surface area contributed by atoms with Gasteiger partial charge in [0.15, 0.2) is 0 Å². The van der Waals surface area contributed by atoms with Gasteiger partial charge in [-0.2, -0.15) is 0 Å². The number of hydrogen-bond acceptors (Lipinski definition) is 2. The number of nitrogens with zero attached hydrogens (tertiary/aromatic N) is 1. The molecule has 1 fully saturated rings. The Kier molecular flexibility index (Phi) is 3.93. The van der Waals surface area contributed by atoms with E-state index in [9.17, 15) is 4.79 Å². The molecule has 1 rings (SSSR count). The fraction of sp³-hybridized carbons (Fsp3) is 0.909. The predicted octanol–water partition coefficient (Wildman–Crippen LogP) is 1.69. The van der Waals surface area contributed by atoms with Crippen LogP contribution < -0.4 is 0 Å². The summed E-state index contributed by atoms with van der Waals surface area (Å²) in [7, 11) is 2.12. The van der Waals surface area contributed by atoms with Crippen LogP contribution in [0, 0.1) is 17.8 Å². The third-order valence-corrected chi connectivity index (χ3v) is 3.25. The van der Waals surface area contributed by atoms with Gasteiger partial charge in [0.05, 0.1) is 0 Å². The Morgan fingerprint density at radius 2 is 2.07 bits per heavy atom. The second kappa shape index (κ2) is 4.78. The van der Waals surface area contributed by atoms with E-state index in [0.717, 1.165) is 25.4 Å². The molecular weight excluding hydrogens is 178 g/mol. The Hall–Kier alpha value is -0.570. The molecule has 0 aliphatic carbocycles. The number of aliphatic carboxylic acids is 1. The van der Waals surface area contributed by atoms with Gasteiger partial charge in [-0.25, -0.2) is 0 Å². The van der Waals surface area contributed by atoms with Crippen molar-refractivity contribution in [3.63, 3.8) is 0 Å². The van der Waals surface area contributed by atoms with E-state index in [4.69, 9.17) is 5.11 Å². The van der Waals surface area contributed by atoms with Gasteiger partial charge in [0.2, 0.25) is 0 Å². The van der Waals surface area contributed by atoms with E-state index in [0.29, 0.717) is 18.3 Å². The molecule has 3 nitrogen and oxygen atoms in total. The molecule has 1 aliphatic heterocycles. The van der Waals surface area contributed by atoms with E-state index in [2.05, 4.69) is 25.8 Å². The lowest BCUT2D eigenvalue weighted by Gasteiger charge is -2.43. The van der Waals surface area contributed by atoms with Crippen LogP contribution in [0.1, 0.15) is 26.7 Å². The molecular formula is C11H21NO2. The van der Waals surface area contributed by atoms with Crippen LogP contribution >= 0.6 is 0 Å². The summed E-state index contributed by atoms with van der Waals surface area (Å²) in [6.07, 6.45) is 1.16. The molecule has 14 heavy (non-hydrogen) atoms. The number of hydrogen-bond donors (Lipinski definition) is 1. The highest BCUT2D eigenvalue weighted by molar-refractivity contribution is 5.66. The van der Waals surface area contributed by atoms with Crippen LogP contribution in [0.5, 0.6) is 0 Å². The van der Waals surface area contributed by atoms with Crippen LogP contribution in [-0.4, -0.2) is 36.1 Å². The average Bonchev–Trinajstić information content (AvgIpc) is 2.00. The zero-order chi connectivity index (χ0) is 10.7. The number of carbonyl (C=O) groups is 1. The summed E-state index contributed by atoms with van der Waals surface area (Å²) in [4.78, 5) is 12.8. The van der Waals surface area contributed by atoms with E-state index < -0.39 is 5.97 Å². The number of carboxylic acid groups (broad SMARTS) is 1. The van der Waals surface area contributed by atoms with Crippen LogP contribution in [0.4, 0.5) is 0 Å². The normalized spacial score (nSPS) is 20.9. The summed E-state index contributed by atoms with van der Waals surface area (Å²) < 4.78 is 0. The quantitative estimate of drug-likeness (QED) is 0.732. The summed E-state index contributed by atoms with van der Waals surface area (Å²) in [5.74, 6) is 1.25. The van der Waals surface area contributed by atoms with Gasteiger partial charge in [0.1, 0.15) is 0 Å². The average molecular weight is 199 g/mol. The lowest BCUT2D eigenvalue weighted by atomic mass is 9.76. The van der Waals surface area contributed by atoms with Crippen LogP contribution in [0.25, 0.3) is 0 Å². The van der Waals surface area contributed by atoms with Crippen molar-refractivity contribution in [3.05, 3.63) is 0 Å². The predicted molar refractivity (Wildman–Crippen MR) is 56.2 cm³/mol. The number of rotatable bonds is 5. The zero-order valence-electron chi connectivity index (χ0n) is 9.36. The van der Waals surface area contributed by atoms with E-state index in [1.165, 1.54) is 0 Å². The molecule has 1 aliphatic rings. The Bertz CT molecular complexity index is 197. The molecule has 1 saturated heterocycles. The highest BCUT2D eigenvalue weighted by atomic mass is 16.4. The third kappa shape index (κ3) is 2.98. The van der Waals surface area contributed by atoms with E-state index in [1.807, 2.05) is 0 Å². The van der Waals surface area contributed by atoms with Crippen LogP contribution in [0.3, 0.4) is 0 Å². The van der Waals surface area contributed by atoms with Crippen molar-refractivity contribution in [1.82, 2.24) is 4.90 Å². The maximum absolute atomic E-state index is 10.5. The lowest BCUT2D eigenvalue weighted by Crippen LogP contribution is -2.48. The highest BCUT2D eigenvalue weighted by Gasteiger charge is 2.32. The van der Waals surface area contributed by atoms with E-state index in [-0.39, 0.29) is 0 Å². The SMILES string of the molecule is CC(C)C(CCC(=O)O)C1CN(C)C1. The van der Waals surface area contributed by atoms with Crippen LogP contribution in [0.15, 0.2) is 0 Å². The third-order valence-electron chi connectivity index (χ3n) is 3.25. The van der Waals surface area contributed by atoms with Gasteiger partial charge in [-0.1, -0.05) is 13.8 Å². The summed E-state index contributed by atoms with van der Waals surface area (Å²) in [5.41, 5.74) is 0. The largest absolute Gasteiger partial charge is 0.481 e. The minimum atomic E-state index is -0.664. The Morgan fingerprint density at radius 1 is 1.50 bits per heavy atom. The van der Waals surface area contributed by atoms with Gasteiger partial charge in [0.25, 0.3) is 0 Å². The van der Waals surface area contributed by atoms with Crippen molar-refractivity contribution < 1.29 is 9.90 Å². The molecule has 0 saturated carbocycles. The first-order chi connectivity index (χ1) is 6.50. The molecule has 3 heteroatoms. The Labute approximate surface area is 86.1 Å². The van der Waals surface area contributed by atoms with E-state index in [1.54, 1.807) is 0 Å². The monoisotopic (exact) mass is 199 g/mol. The lowest BCUT2D eigenvalue weighted by molar-refractivity contribution is -0.137. The van der Waals surface area contributed by atoms with Gasteiger partial charge < -0.3 is 10.0 Å². The van der Waals surface area contributed by atoms with E-state index >= 15 is 0 Å². The van der Waals surface area contributed by atoms with Gasteiger partial charge in [-0.05, 0) is 31.2 Å². The molecule has 0 aromatic carbocycles. The second-order valence-electron chi connectivity index (χ2n) is 4.82. The molecule has 0 aromatic heterocycles. The fourth-order valence-electron chi connectivity index (χ4n) is 2.42. The van der Waals surface area contributed by atoms with Crippen molar-refractivity contribution >= 4 is 5.97 Å². The van der Waals surface area contributed by atoms with Crippen LogP contribution in [0.2, 0.25) is 0 Å². The molecule has 82 valence electrons. The zero-order valence-corrected chi connectivity index (χ0v) is 9.36. The van der Waals surface area contributed by atoms with Crippen molar-refractivity contribution in [2.45, 2.75) is 26.7 Å². The van der Waals surface area contributed by atoms with Crippen molar-refractivity contribution in [2.75, 3.05) is 20.1 Å². The molecule has 1 atom stereocenters. The smallest absolute Gasteiger partial charge is 0.303 e. The fourth-order valence-corrected chi connectivity index (χ4v) is 2.42. The van der Waals surface area contributed by atoms with Crippen molar-refractivity contribution in [2.24, 2.45) is 17.8 Å². The summed E-state index contributed by atoms with van der Waals surface area (Å²) >= 11 is 0. The van der Waals surface area contributed by atoms with Gasteiger partial charge >= 0.3 is 5.97 Å². The molecule has 1 N–H and O–H groups in total. The molecule has 1 heterocycles. The van der Waals surface area contributed by atoms with Crippen molar-refractivity contribution in [3.8, 4) is 0 Å². The molecule has 0 aromatic rings. The summed E-state index contributed by atoms with van der Waals surface area (Å²) in [5, 5.41) is 8.66. The standard InChI is InChI=1S/C11H21NO2/c1-8(2)10(4-5-11(13)14)9-6-12(3)7-9/h8-10H,4-7H2,1-3H3,(H,13,14). The van der Waals surface area contributed by atoms with Gasteiger partial charge in [-0.15, -0.1) is 0 Å².